The number of likely N-dealkylation sites (N-methyl/N-ethyl adjacent to an activating group) is 1. The van der Waals surface area contributed by atoms with Gasteiger partial charge in [-0.25, -0.2) is 0 Å². The van der Waals surface area contributed by atoms with Crippen molar-refractivity contribution in [1.29, 1.82) is 0 Å². The van der Waals surface area contributed by atoms with E-state index in [-0.39, 0.29) is 5.91 Å². The molecule has 0 spiro atoms. The van der Waals surface area contributed by atoms with Gasteiger partial charge in [-0.15, -0.1) is 11.3 Å². The van der Waals surface area contributed by atoms with Crippen molar-refractivity contribution in [1.82, 2.24) is 10.2 Å². The number of likely N-dealkylation sites (tertiary alicyclic amines) is 1. The van der Waals surface area contributed by atoms with E-state index < -0.39 is 0 Å². The molecule has 0 aliphatic carbocycles. The molecule has 2 heterocycles. The summed E-state index contributed by atoms with van der Waals surface area (Å²) in [5, 5.41) is 5.03. The molecule has 1 fully saturated rings. The number of carbonyl (C=O) groups is 1. The third-order valence-corrected chi connectivity index (χ3v) is 4.49. The van der Waals surface area contributed by atoms with Crippen LogP contribution in [0.1, 0.15) is 35.0 Å². The highest BCUT2D eigenvalue weighted by Crippen LogP contribution is 2.17. The molecule has 0 unspecified atom stereocenters. The number of thiophene rings is 1. The Kier molecular flexibility index (Phi) is 4.18. The van der Waals surface area contributed by atoms with Crippen LogP contribution in [0.25, 0.3) is 0 Å². The maximum absolute atomic E-state index is 12.0. The summed E-state index contributed by atoms with van der Waals surface area (Å²) in [6.45, 7) is 7.21. The summed E-state index contributed by atoms with van der Waals surface area (Å²) in [5.74, 6) is 0.0838. The number of rotatable bonds is 4. The van der Waals surface area contributed by atoms with E-state index in [1.165, 1.54) is 30.7 Å². The zero-order valence-electron chi connectivity index (χ0n) is 10.5. The van der Waals surface area contributed by atoms with Gasteiger partial charge in [-0.2, -0.15) is 0 Å². The molecule has 0 saturated carbocycles. The summed E-state index contributed by atoms with van der Waals surface area (Å²) in [6, 6.07) is 2.53. The van der Waals surface area contributed by atoms with E-state index in [0.717, 1.165) is 23.5 Å². The molecule has 1 aliphatic rings. The van der Waals surface area contributed by atoms with Crippen molar-refractivity contribution in [3.63, 3.8) is 0 Å². The van der Waals surface area contributed by atoms with Crippen molar-refractivity contribution in [3.8, 4) is 0 Å². The molecule has 2 rings (SSSR count). The Morgan fingerprint density at radius 2 is 2.47 bits per heavy atom. The van der Waals surface area contributed by atoms with Gasteiger partial charge in [0.1, 0.15) is 0 Å². The first-order valence-electron chi connectivity index (χ1n) is 6.28. The Labute approximate surface area is 107 Å². The molecular formula is C13H20N2OS. The predicted octanol–water partition coefficient (Wildman–Crippen LogP) is 2.27. The SMILES string of the molecule is CCN1CCC[C@H]1CNC(=O)c1sccc1C. The Balaban J connectivity index is 1.86. The maximum atomic E-state index is 12.0. The van der Waals surface area contributed by atoms with Crippen molar-refractivity contribution in [2.75, 3.05) is 19.6 Å². The lowest BCUT2D eigenvalue weighted by Gasteiger charge is -2.22. The quantitative estimate of drug-likeness (QED) is 0.891. The van der Waals surface area contributed by atoms with Gasteiger partial charge in [0.15, 0.2) is 0 Å². The summed E-state index contributed by atoms with van der Waals surface area (Å²) < 4.78 is 0. The minimum atomic E-state index is 0.0838. The van der Waals surface area contributed by atoms with Gasteiger partial charge in [0.2, 0.25) is 0 Å². The predicted molar refractivity (Wildman–Crippen MR) is 71.7 cm³/mol. The number of nitrogens with zero attached hydrogens (tertiary/aromatic N) is 1. The highest BCUT2D eigenvalue weighted by molar-refractivity contribution is 7.12. The lowest BCUT2D eigenvalue weighted by atomic mass is 10.2. The molecule has 0 bridgehead atoms. The number of nitrogens with one attached hydrogen (secondary N) is 1. The van der Waals surface area contributed by atoms with Crippen molar-refractivity contribution in [2.24, 2.45) is 0 Å². The summed E-state index contributed by atoms with van der Waals surface area (Å²) in [6.07, 6.45) is 2.46. The van der Waals surface area contributed by atoms with Gasteiger partial charge in [-0.3, -0.25) is 9.69 Å². The molecule has 1 aromatic rings. The molecular weight excluding hydrogens is 232 g/mol. The molecule has 94 valence electrons. The molecule has 0 radical (unpaired) electrons. The molecule has 1 amide bonds. The van der Waals surface area contributed by atoms with E-state index in [0.29, 0.717) is 6.04 Å². The minimum absolute atomic E-state index is 0.0838. The average molecular weight is 252 g/mol. The van der Waals surface area contributed by atoms with E-state index in [4.69, 9.17) is 0 Å². The van der Waals surface area contributed by atoms with Crippen LogP contribution in [-0.2, 0) is 0 Å². The molecule has 3 nitrogen and oxygen atoms in total. The van der Waals surface area contributed by atoms with Crippen LogP contribution in [0, 0.1) is 6.92 Å². The molecule has 0 aromatic carbocycles. The normalized spacial score (nSPS) is 20.7. The first-order valence-corrected chi connectivity index (χ1v) is 7.16. The van der Waals surface area contributed by atoms with Crippen LogP contribution in [0.2, 0.25) is 0 Å². The molecule has 17 heavy (non-hydrogen) atoms. The Bertz CT molecular complexity index is 389. The fourth-order valence-electron chi connectivity index (χ4n) is 2.44. The van der Waals surface area contributed by atoms with Crippen LogP contribution >= 0.6 is 11.3 Å². The minimum Gasteiger partial charge on any atom is -0.350 e. The monoisotopic (exact) mass is 252 g/mol. The van der Waals surface area contributed by atoms with Crippen molar-refractivity contribution < 1.29 is 4.79 Å². The highest BCUT2D eigenvalue weighted by Gasteiger charge is 2.23. The number of hydrogen-bond acceptors (Lipinski definition) is 3. The lowest BCUT2D eigenvalue weighted by molar-refractivity contribution is 0.0945. The van der Waals surface area contributed by atoms with Crippen LogP contribution in [0.15, 0.2) is 11.4 Å². The van der Waals surface area contributed by atoms with Crippen LogP contribution in [-0.4, -0.2) is 36.5 Å². The van der Waals surface area contributed by atoms with Crippen molar-refractivity contribution in [2.45, 2.75) is 32.7 Å². The van der Waals surface area contributed by atoms with Gasteiger partial charge < -0.3 is 5.32 Å². The third kappa shape index (κ3) is 2.87. The van der Waals surface area contributed by atoms with Gasteiger partial charge in [-0.1, -0.05) is 6.92 Å². The molecule has 1 N–H and O–H groups in total. The van der Waals surface area contributed by atoms with E-state index in [1.807, 2.05) is 18.4 Å². The second kappa shape index (κ2) is 5.65. The Morgan fingerprint density at radius 1 is 1.65 bits per heavy atom. The van der Waals surface area contributed by atoms with Gasteiger partial charge in [0, 0.05) is 12.6 Å². The highest BCUT2D eigenvalue weighted by atomic mass is 32.1. The number of aryl methyl sites for hydroxylation is 1. The van der Waals surface area contributed by atoms with Crippen LogP contribution < -0.4 is 5.32 Å². The molecule has 1 aliphatic heterocycles. The fraction of sp³-hybridized carbons (Fsp3) is 0.615. The Morgan fingerprint density at radius 3 is 3.12 bits per heavy atom. The van der Waals surface area contributed by atoms with E-state index in [2.05, 4.69) is 17.1 Å². The summed E-state index contributed by atoms with van der Waals surface area (Å²) in [4.78, 5) is 15.3. The topological polar surface area (TPSA) is 32.3 Å². The number of amides is 1. The third-order valence-electron chi connectivity index (χ3n) is 3.47. The van der Waals surface area contributed by atoms with E-state index >= 15 is 0 Å². The van der Waals surface area contributed by atoms with E-state index in [1.54, 1.807) is 0 Å². The first kappa shape index (κ1) is 12.6. The lowest BCUT2D eigenvalue weighted by Crippen LogP contribution is -2.39. The second-order valence-electron chi connectivity index (χ2n) is 4.57. The van der Waals surface area contributed by atoms with Crippen LogP contribution in [0.5, 0.6) is 0 Å². The number of carbonyl (C=O) groups excluding carboxylic acids is 1. The first-order chi connectivity index (χ1) is 8.22. The average Bonchev–Trinajstić information content (AvgIpc) is 2.94. The standard InChI is InChI=1S/C13H20N2OS/c1-3-15-7-4-5-11(15)9-14-13(16)12-10(2)6-8-17-12/h6,8,11H,3-5,7,9H2,1-2H3,(H,14,16)/t11-/m0/s1. The molecule has 1 aromatic heterocycles. The molecule has 1 atom stereocenters. The zero-order valence-corrected chi connectivity index (χ0v) is 11.3. The van der Waals surface area contributed by atoms with Gasteiger partial charge in [0.25, 0.3) is 5.91 Å². The molecule has 1 saturated heterocycles. The van der Waals surface area contributed by atoms with Crippen LogP contribution in [0.4, 0.5) is 0 Å². The summed E-state index contributed by atoms with van der Waals surface area (Å²) in [7, 11) is 0. The zero-order chi connectivity index (χ0) is 12.3. The van der Waals surface area contributed by atoms with Crippen molar-refractivity contribution in [3.05, 3.63) is 21.9 Å². The molecule has 4 heteroatoms. The second-order valence-corrected chi connectivity index (χ2v) is 5.48. The van der Waals surface area contributed by atoms with Gasteiger partial charge >= 0.3 is 0 Å². The fourth-order valence-corrected chi connectivity index (χ4v) is 3.28. The van der Waals surface area contributed by atoms with E-state index in [9.17, 15) is 4.79 Å². The van der Waals surface area contributed by atoms with Crippen molar-refractivity contribution >= 4 is 17.2 Å². The van der Waals surface area contributed by atoms with Gasteiger partial charge in [-0.05, 0) is 49.9 Å². The summed E-state index contributed by atoms with van der Waals surface area (Å²) in [5.41, 5.74) is 1.08. The van der Waals surface area contributed by atoms with Gasteiger partial charge in [0.05, 0.1) is 4.88 Å². The van der Waals surface area contributed by atoms with Crippen LogP contribution in [0.3, 0.4) is 0 Å². The smallest absolute Gasteiger partial charge is 0.261 e. The summed E-state index contributed by atoms with van der Waals surface area (Å²) >= 11 is 1.52. The Hall–Kier alpha value is -0.870. The largest absolute Gasteiger partial charge is 0.350 e. The maximum Gasteiger partial charge on any atom is 0.261 e. The number of hydrogen-bond donors (Lipinski definition) is 1.